The minimum atomic E-state index is -4.08. The van der Waals surface area contributed by atoms with Crippen molar-refractivity contribution >= 4 is 52.4 Å². The molecule has 0 spiro atoms. The third-order valence-corrected chi connectivity index (χ3v) is 15.6. The van der Waals surface area contributed by atoms with Crippen LogP contribution in [0.25, 0.3) is 22.3 Å². The van der Waals surface area contributed by atoms with Gasteiger partial charge in [-0.2, -0.15) is 0 Å². The Hall–Kier alpha value is -4.59. The smallest absolute Gasteiger partial charge is 0.306 e. The first-order valence-electron chi connectivity index (χ1n) is 20.7. The number of fused-ring (bicyclic) bond motifs is 1. The summed E-state index contributed by atoms with van der Waals surface area (Å²) >= 11 is 1.47. The van der Waals surface area contributed by atoms with E-state index >= 15 is 0 Å². The van der Waals surface area contributed by atoms with Crippen LogP contribution in [0.2, 0.25) is 0 Å². The van der Waals surface area contributed by atoms with Gasteiger partial charge in [-0.25, -0.2) is 15.0 Å². The van der Waals surface area contributed by atoms with Crippen molar-refractivity contribution in [1.82, 2.24) is 19.9 Å². The van der Waals surface area contributed by atoms with Crippen LogP contribution in [0.4, 0.5) is 5.13 Å². The van der Waals surface area contributed by atoms with Crippen LogP contribution in [0.1, 0.15) is 91.9 Å². The number of amides is 1. The van der Waals surface area contributed by atoms with Crippen LogP contribution in [0.5, 0.6) is 11.5 Å². The largest absolute Gasteiger partial charge is 0.497 e. The van der Waals surface area contributed by atoms with Crippen molar-refractivity contribution in [2.24, 2.45) is 17.3 Å². The van der Waals surface area contributed by atoms with Crippen LogP contribution in [-0.4, -0.2) is 85.5 Å². The number of methoxy groups -OCH3 is 1. The fourth-order valence-electron chi connectivity index (χ4n) is 8.66. The average Bonchev–Trinajstić information content (AvgIpc) is 3.81. The van der Waals surface area contributed by atoms with Gasteiger partial charge in [-0.15, -0.1) is 17.9 Å². The summed E-state index contributed by atoms with van der Waals surface area (Å²) in [7, 11) is -2.50. The summed E-state index contributed by atoms with van der Waals surface area (Å²) < 4.78 is 37.7. The zero-order chi connectivity index (χ0) is 43.0. The van der Waals surface area contributed by atoms with Crippen LogP contribution in [0.15, 0.2) is 59.2 Å². The number of oxazole rings is 1. The molecule has 60 heavy (non-hydrogen) atoms. The number of nitrogens with one attached hydrogen (secondary N) is 1. The van der Waals surface area contributed by atoms with Crippen molar-refractivity contribution in [3.05, 3.63) is 60.7 Å². The van der Waals surface area contributed by atoms with Crippen LogP contribution in [0, 0.1) is 17.3 Å². The highest BCUT2D eigenvalue weighted by molar-refractivity contribution is 7.59. The Balaban J connectivity index is 1.22. The van der Waals surface area contributed by atoms with Crippen molar-refractivity contribution in [3.63, 3.8) is 0 Å². The summed E-state index contributed by atoms with van der Waals surface area (Å²) in [6.45, 7) is 13.7. The van der Waals surface area contributed by atoms with Gasteiger partial charge in [0.1, 0.15) is 41.8 Å². The number of anilines is 1. The number of thiazole rings is 1. The molecule has 0 bridgehead atoms. The van der Waals surface area contributed by atoms with E-state index in [2.05, 4.69) is 16.9 Å². The molecule has 4 aromatic rings. The lowest BCUT2D eigenvalue weighted by Crippen LogP contribution is -2.48. The van der Waals surface area contributed by atoms with Crippen molar-refractivity contribution in [2.45, 2.75) is 122 Å². The summed E-state index contributed by atoms with van der Waals surface area (Å²) in [6.07, 6.45) is 6.80. The Morgan fingerprint density at radius 3 is 2.57 bits per heavy atom. The van der Waals surface area contributed by atoms with Gasteiger partial charge in [0.25, 0.3) is 0 Å². The SMILES string of the molecule is C=C[C@@H]1C[C@]1(CC(=O)[C@@H]1C[C@@H](Oc2cc(-c3csc(NC(C)C)n3)nc3cc(OC)ccc23)CN1C(=O)C(CC(=O)OC1CCCC1)C(C)(C)C)P(=O)(O)Cc1ncco1. The lowest BCUT2D eigenvalue weighted by molar-refractivity contribution is -0.156. The first kappa shape index (κ1) is 43.5. The second kappa shape index (κ2) is 17.4. The molecular formula is C44H56N5O9PS. The number of ether oxygens (including phenoxy) is 3. The first-order valence-corrected chi connectivity index (χ1v) is 23.5. The van der Waals surface area contributed by atoms with Crippen LogP contribution in [-0.2, 0) is 29.8 Å². The van der Waals surface area contributed by atoms with Crippen molar-refractivity contribution in [2.75, 3.05) is 19.0 Å². The molecule has 3 fully saturated rings. The maximum absolute atomic E-state index is 14.9. The van der Waals surface area contributed by atoms with Gasteiger partial charge >= 0.3 is 5.97 Å². The normalized spacial score (nSPS) is 23.3. The van der Waals surface area contributed by atoms with Gasteiger partial charge in [0.15, 0.2) is 10.9 Å². The number of Topliss-reactive ketones (excluding diaryl/α,β-unsaturated/α-hetero) is 1. The molecule has 1 amide bonds. The molecule has 7 rings (SSSR count). The van der Waals surface area contributed by atoms with E-state index in [-0.39, 0.29) is 68.1 Å². The van der Waals surface area contributed by atoms with E-state index in [0.717, 1.165) is 30.8 Å². The Morgan fingerprint density at radius 1 is 1.15 bits per heavy atom. The average molecular weight is 862 g/mol. The Labute approximate surface area is 355 Å². The van der Waals surface area contributed by atoms with E-state index in [1.54, 1.807) is 13.2 Å². The highest BCUT2D eigenvalue weighted by Gasteiger charge is 2.65. The summed E-state index contributed by atoms with van der Waals surface area (Å²) in [6, 6.07) is 6.50. The summed E-state index contributed by atoms with van der Waals surface area (Å²) in [5, 5.41) is 5.42. The molecule has 2 N–H and O–H groups in total. The number of ketones is 1. The molecule has 16 heteroatoms. The molecule has 2 aliphatic carbocycles. The number of nitrogens with zero attached hydrogens (tertiary/aromatic N) is 4. The molecule has 0 radical (unpaired) electrons. The monoisotopic (exact) mass is 861 g/mol. The Kier molecular flexibility index (Phi) is 12.6. The molecule has 1 aromatic carbocycles. The number of hydrogen-bond acceptors (Lipinski definition) is 13. The zero-order valence-corrected chi connectivity index (χ0v) is 36.9. The number of carbonyl (C=O) groups is 3. The van der Waals surface area contributed by atoms with Gasteiger partial charge in [-0.1, -0.05) is 26.8 Å². The molecule has 3 aromatic heterocycles. The van der Waals surface area contributed by atoms with Gasteiger partial charge in [0.05, 0.1) is 54.6 Å². The second-order valence-electron chi connectivity index (χ2n) is 17.8. The topological polar surface area (TPSA) is 183 Å². The van der Waals surface area contributed by atoms with Crippen LogP contribution in [0.3, 0.4) is 0 Å². The number of aromatic nitrogens is 3. The predicted molar refractivity (Wildman–Crippen MR) is 229 cm³/mol. The number of allylic oxidation sites excluding steroid dienone is 1. The highest BCUT2D eigenvalue weighted by Crippen LogP contribution is 2.74. The quantitative estimate of drug-likeness (QED) is 0.0587. The zero-order valence-electron chi connectivity index (χ0n) is 35.2. The van der Waals surface area contributed by atoms with Crippen molar-refractivity contribution in [3.8, 4) is 22.9 Å². The molecule has 2 saturated carbocycles. The number of likely N-dealkylation sites (tertiary alicyclic amines) is 1. The van der Waals surface area contributed by atoms with Crippen LogP contribution < -0.4 is 14.8 Å². The summed E-state index contributed by atoms with van der Waals surface area (Å²) in [5.74, 6) is -1.18. The van der Waals surface area contributed by atoms with E-state index < -0.39 is 47.9 Å². The van der Waals surface area contributed by atoms with E-state index in [1.807, 2.05) is 64.3 Å². The third-order valence-electron chi connectivity index (χ3n) is 12.1. The number of pyridine rings is 1. The highest BCUT2D eigenvalue weighted by atomic mass is 32.1. The lowest BCUT2D eigenvalue weighted by atomic mass is 9.77. The molecule has 1 saturated heterocycles. The second-order valence-corrected chi connectivity index (χ2v) is 21.3. The Morgan fingerprint density at radius 2 is 1.92 bits per heavy atom. The number of hydrogen-bond donors (Lipinski definition) is 2. The van der Waals surface area contributed by atoms with Gasteiger partial charge in [0, 0.05) is 41.8 Å². The van der Waals surface area contributed by atoms with Gasteiger partial charge in [-0.05, 0) is 69.4 Å². The van der Waals surface area contributed by atoms with Crippen molar-refractivity contribution < 1.29 is 42.5 Å². The van der Waals surface area contributed by atoms with Gasteiger partial charge in [0.2, 0.25) is 19.2 Å². The molecule has 2 unspecified atom stereocenters. The number of esters is 1. The van der Waals surface area contributed by atoms with Gasteiger partial charge < -0.3 is 33.7 Å². The number of benzene rings is 1. The molecule has 14 nitrogen and oxygen atoms in total. The minimum Gasteiger partial charge on any atom is -0.497 e. The minimum absolute atomic E-state index is 0.0406. The summed E-state index contributed by atoms with van der Waals surface area (Å²) in [4.78, 5) is 69.9. The number of carbonyl (C=O) groups excluding carboxylic acids is 3. The van der Waals surface area contributed by atoms with E-state index in [1.165, 1.54) is 28.7 Å². The fourth-order valence-corrected chi connectivity index (χ4v) is 11.9. The third kappa shape index (κ3) is 9.33. The van der Waals surface area contributed by atoms with E-state index in [9.17, 15) is 23.8 Å². The standard InChI is InChI=1S/C44H56N5O9PS/c1-8-27-21-44(27,59(53,54)24-39-45-15-16-56-39)22-37(50)36-18-30(23-49(36)41(52)32(43(4,5)6)19-40(51)58-28-11-9-10-12-28)57-38-20-34(35-25-60-42(48-35)46-26(2)3)47-33-17-29(55-7)13-14-31(33)38/h8,13-17,20,25-28,30,32,36H,1,9-12,18-19,21-24H2,2-7H3,(H,46,48)(H,53,54)/t27-,30-,32?,36+,44-/m1/s1. The van der Waals surface area contributed by atoms with E-state index in [4.69, 9.17) is 28.6 Å². The van der Waals surface area contributed by atoms with Crippen molar-refractivity contribution in [1.29, 1.82) is 0 Å². The number of rotatable bonds is 17. The molecule has 6 atom stereocenters. The molecule has 1 aliphatic heterocycles. The predicted octanol–water partition coefficient (Wildman–Crippen LogP) is 8.44. The summed E-state index contributed by atoms with van der Waals surface area (Å²) in [5.41, 5.74) is 1.15. The maximum Gasteiger partial charge on any atom is 0.306 e. The first-order chi connectivity index (χ1) is 28.5. The van der Waals surface area contributed by atoms with Gasteiger partial charge in [-0.3, -0.25) is 18.9 Å². The molecular weight excluding hydrogens is 806 g/mol. The molecule has 322 valence electrons. The lowest BCUT2D eigenvalue weighted by Gasteiger charge is -2.35. The van der Waals surface area contributed by atoms with Crippen LogP contribution >= 0.6 is 18.7 Å². The fraction of sp³-hybridized carbons (Fsp3) is 0.545. The molecule has 4 heterocycles. The Bertz CT molecular complexity index is 2270. The maximum atomic E-state index is 14.9. The van der Waals surface area contributed by atoms with E-state index in [0.29, 0.717) is 33.8 Å². The molecule has 3 aliphatic rings.